The van der Waals surface area contributed by atoms with Gasteiger partial charge in [-0.2, -0.15) is 0 Å². The van der Waals surface area contributed by atoms with Gasteiger partial charge < -0.3 is 19.9 Å². The van der Waals surface area contributed by atoms with Gasteiger partial charge in [0.1, 0.15) is 5.75 Å². The molecule has 26 heavy (non-hydrogen) atoms. The van der Waals surface area contributed by atoms with Crippen LogP contribution in [0, 0.1) is 6.92 Å². The Morgan fingerprint density at radius 2 is 1.96 bits per heavy atom. The van der Waals surface area contributed by atoms with E-state index in [-0.39, 0.29) is 12.5 Å². The number of rotatable bonds is 5. The average molecular weight is 375 g/mol. The van der Waals surface area contributed by atoms with Crippen LogP contribution in [0.3, 0.4) is 0 Å². The van der Waals surface area contributed by atoms with Gasteiger partial charge in [0.25, 0.3) is 5.91 Å². The zero-order chi connectivity index (χ0) is 18.5. The van der Waals surface area contributed by atoms with E-state index in [9.17, 15) is 4.79 Å². The number of halogens is 1. The van der Waals surface area contributed by atoms with Crippen LogP contribution in [-0.4, -0.2) is 45.7 Å². The van der Waals surface area contributed by atoms with E-state index in [2.05, 4.69) is 17.3 Å². The summed E-state index contributed by atoms with van der Waals surface area (Å²) in [5, 5.41) is 3.55. The van der Waals surface area contributed by atoms with E-state index in [4.69, 9.17) is 16.3 Å². The molecule has 0 bridgehead atoms. The number of hydrogen-bond acceptors (Lipinski definition) is 3. The van der Waals surface area contributed by atoms with Gasteiger partial charge in [0.2, 0.25) is 0 Å². The summed E-state index contributed by atoms with van der Waals surface area (Å²) in [5.74, 6) is 0.521. The maximum atomic E-state index is 12.4. The minimum Gasteiger partial charge on any atom is -0.483 e. The van der Waals surface area contributed by atoms with Gasteiger partial charge in [-0.15, -0.1) is 0 Å². The van der Waals surface area contributed by atoms with Gasteiger partial charge in [-0.05, 0) is 36.8 Å². The number of quaternary nitrogens is 1. The number of para-hydroxylation sites is 1. The fraction of sp³-hybridized carbons (Fsp3) is 0.350. The number of carbonyl (C=O) groups excluding carboxylic acids is 1. The van der Waals surface area contributed by atoms with E-state index in [0.717, 1.165) is 48.9 Å². The highest BCUT2D eigenvalue weighted by molar-refractivity contribution is 6.31. The van der Waals surface area contributed by atoms with E-state index in [1.165, 1.54) is 4.90 Å². The summed E-state index contributed by atoms with van der Waals surface area (Å²) in [6, 6.07) is 13.3. The Labute approximate surface area is 159 Å². The van der Waals surface area contributed by atoms with E-state index in [1.807, 2.05) is 43.3 Å². The SMILES string of the molecule is Cc1ccccc1OCC(=O)Nc1cc(Cl)ccc1N1CC[NH+](C)CC1. The summed E-state index contributed by atoms with van der Waals surface area (Å²) in [4.78, 5) is 16.2. The van der Waals surface area contributed by atoms with Gasteiger partial charge in [-0.1, -0.05) is 29.8 Å². The van der Waals surface area contributed by atoms with Crippen molar-refractivity contribution in [1.82, 2.24) is 0 Å². The molecule has 6 heteroatoms. The number of benzene rings is 2. The quantitative estimate of drug-likeness (QED) is 0.841. The zero-order valence-corrected chi connectivity index (χ0v) is 16.0. The maximum absolute atomic E-state index is 12.4. The second-order valence-corrected chi connectivity index (χ2v) is 7.14. The Hall–Kier alpha value is -2.24. The Bertz CT molecular complexity index is 773. The van der Waals surface area contributed by atoms with Crippen LogP contribution in [0.2, 0.25) is 5.02 Å². The molecule has 2 aromatic carbocycles. The smallest absolute Gasteiger partial charge is 0.262 e. The number of hydrogen-bond donors (Lipinski definition) is 2. The highest BCUT2D eigenvalue weighted by atomic mass is 35.5. The van der Waals surface area contributed by atoms with E-state index >= 15 is 0 Å². The number of likely N-dealkylation sites (N-methyl/N-ethyl adjacent to an activating group) is 1. The number of amides is 1. The molecule has 1 fully saturated rings. The van der Waals surface area contributed by atoms with Crippen molar-refractivity contribution in [3.63, 3.8) is 0 Å². The summed E-state index contributed by atoms with van der Waals surface area (Å²) in [7, 11) is 2.20. The van der Waals surface area contributed by atoms with Crippen LogP contribution >= 0.6 is 11.6 Å². The van der Waals surface area contributed by atoms with Gasteiger partial charge in [0.15, 0.2) is 6.61 Å². The lowest BCUT2D eigenvalue weighted by Gasteiger charge is -2.33. The van der Waals surface area contributed by atoms with Crippen molar-refractivity contribution < 1.29 is 14.4 Å². The first-order valence-corrected chi connectivity index (χ1v) is 9.25. The number of anilines is 2. The lowest BCUT2D eigenvalue weighted by molar-refractivity contribution is -0.880. The normalized spacial score (nSPS) is 15.0. The molecule has 1 amide bonds. The summed E-state index contributed by atoms with van der Waals surface area (Å²) in [6.07, 6.45) is 0. The lowest BCUT2D eigenvalue weighted by Crippen LogP contribution is -3.12. The molecule has 1 aliphatic rings. The lowest BCUT2D eigenvalue weighted by atomic mass is 10.2. The number of aryl methyl sites for hydroxylation is 1. The third-order valence-corrected chi connectivity index (χ3v) is 4.88. The molecule has 3 rings (SSSR count). The molecule has 1 heterocycles. The fourth-order valence-corrected chi connectivity index (χ4v) is 3.23. The molecule has 0 spiro atoms. The van der Waals surface area contributed by atoms with Crippen LogP contribution in [0.15, 0.2) is 42.5 Å². The van der Waals surface area contributed by atoms with Crippen molar-refractivity contribution in [3.8, 4) is 5.75 Å². The predicted octanol–water partition coefficient (Wildman–Crippen LogP) is 2.00. The third-order valence-electron chi connectivity index (χ3n) is 4.64. The number of ether oxygens (including phenoxy) is 1. The first kappa shape index (κ1) is 18.5. The molecule has 0 aromatic heterocycles. The largest absolute Gasteiger partial charge is 0.483 e. The van der Waals surface area contributed by atoms with Crippen molar-refractivity contribution in [2.24, 2.45) is 0 Å². The molecule has 0 aliphatic carbocycles. The third kappa shape index (κ3) is 4.68. The molecule has 2 aromatic rings. The first-order valence-electron chi connectivity index (χ1n) is 8.87. The van der Waals surface area contributed by atoms with Crippen molar-refractivity contribution >= 4 is 28.9 Å². The topological polar surface area (TPSA) is 46.0 Å². The molecule has 0 saturated carbocycles. The Morgan fingerprint density at radius 1 is 1.23 bits per heavy atom. The monoisotopic (exact) mass is 374 g/mol. The van der Waals surface area contributed by atoms with E-state index in [1.54, 1.807) is 6.07 Å². The molecular formula is C20H25ClN3O2+. The van der Waals surface area contributed by atoms with E-state index in [0.29, 0.717) is 5.02 Å². The van der Waals surface area contributed by atoms with Gasteiger partial charge >= 0.3 is 0 Å². The van der Waals surface area contributed by atoms with Gasteiger partial charge in [0.05, 0.1) is 44.6 Å². The highest BCUT2D eigenvalue weighted by Gasteiger charge is 2.20. The molecule has 5 nitrogen and oxygen atoms in total. The molecule has 0 atom stereocenters. The number of nitrogens with zero attached hydrogens (tertiary/aromatic N) is 1. The summed E-state index contributed by atoms with van der Waals surface area (Å²) in [6.45, 7) is 5.98. The van der Waals surface area contributed by atoms with Crippen LogP contribution in [0.4, 0.5) is 11.4 Å². The number of piperazine rings is 1. The maximum Gasteiger partial charge on any atom is 0.262 e. The van der Waals surface area contributed by atoms with Crippen LogP contribution in [0.5, 0.6) is 5.75 Å². The molecule has 138 valence electrons. The summed E-state index contributed by atoms with van der Waals surface area (Å²) < 4.78 is 5.64. The zero-order valence-electron chi connectivity index (χ0n) is 15.2. The minimum atomic E-state index is -0.198. The Balaban J connectivity index is 1.67. The van der Waals surface area contributed by atoms with Crippen LogP contribution in [0.25, 0.3) is 0 Å². The van der Waals surface area contributed by atoms with Gasteiger partial charge in [-0.3, -0.25) is 4.79 Å². The van der Waals surface area contributed by atoms with Gasteiger partial charge in [0, 0.05) is 5.02 Å². The molecule has 1 aliphatic heterocycles. The first-order chi connectivity index (χ1) is 12.5. The molecule has 2 N–H and O–H groups in total. The second-order valence-electron chi connectivity index (χ2n) is 6.71. The number of carbonyl (C=O) groups is 1. The predicted molar refractivity (Wildman–Crippen MR) is 106 cm³/mol. The molecule has 0 radical (unpaired) electrons. The number of nitrogens with one attached hydrogen (secondary N) is 2. The van der Waals surface area contributed by atoms with Gasteiger partial charge in [-0.25, -0.2) is 0 Å². The van der Waals surface area contributed by atoms with Crippen molar-refractivity contribution in [2.45, 2.75) is 6.92 Å². The summed E-state index contributed by atoms with van der Waals surface area (Å²) in [5.41, 5.74) is 2.74. The molecule has 0 unspecified atom stereocenters. The van der Waals surface area contributed by atoms with Crippen molar-refractivity contribution in [3.05, 3.63) is 53.1 Å². The molecular weight excluding hydrogens is 350 g/mol. The fourth-order valence-electron chi connectivity index (χ4n) is 3.06. The van der Waals surface area contributed by atoms with Crippen molar-refractivity contribution in [1.29, 1.82) is 0 Å². The van der Waals surface area contributed by atoms with Crippen LogP contribution < -0.4 is 19.9 Å². The summed E-state index contributed by atoms with van der Waals surface area (Å²) >= 11 is 6.15. The van der Waals surface area contributed by atoms with Crippen molar-refractivity contribution in [2.75, 3.05) is 50.1 Å². The highest BCUT2D eigenvalue weighted by Crippen LogP contribution is 2.29. The molecule has 1 saturated heterocycles. The Morgan fingerprint density at radius 3 is 2.69 bits per heavy atom. The average Bonchev–Trinajstić information content (AvgIpc) is 2.62. The van der Waals surface area contributed by atoms with E-state index < -0.39 is 0 Å². The van der Waals surface area contributed by atoms with Crippen LogP contribution in [-0.2, 0) is 4.79 Å². The second kappa shape index (κ2) is 8.43. The Kier molecular flexibility index (Phi) is 6.01. The van der Waals surface area contributed by atoms with Crippen LogP contribution in [0.1, 0.15) is 5.56 Å². The minimum absolute atomic E-state index is 0.0380. The standard InChI is InChI=1S/C20H24ClN3O2/c1-15-5-3-4-6-19(15)26-14-20(25)22-17-13-16(21)7-8-18(17)24-11-9-23(2)10-12-24/h3-8,13H,9-12,14H2,1-2H3,(H,22,25)/p+1.